The third-order valence-electron chi connectivity index (χ3n) is 6.02. The number of rotatable bonds is 4. The van der Waals surface area contributed by atoms with Gasteiger partial charge in [-0.3, -0.25) is 24.5 Å². The Balaban J connectivity index is 1.58. The highest BCUT2D eigenvalue weighted by Crippen LogP contribution is 2.48. The van der Waals surface area contributed by atoms with E-state index in [1.807, 2.05) is 24.3 Å². The molecule has 0 spiro atoms. The third kappa shape index (κ3) is 3.66. The first kappa shape index (κ1) is 22.5. The summed E-state index contributed by atoms with van der Waals surface area (Å²) in [5.41, 5.74) is 2.09. The van der Waals surface area contributed by atoms with Crippen molar-refractivity contribution in [3.63, 3.8) is 0 Å². The van der Waals surface area contributed by atoms with Crippen LogP contribution in [0.4, 0.5) is 17.1 Å². The summed E-state index contributed by atoms with van der Waals surface area (Å²) in [5, 5.41) is 13.3. The maximum Gasteiger partial charge on any atom is 0.269 e. The van der Waals surface area contributed by atoms with Crippen LogP contribution in [-0.2, 0) is 14.4 Å². The van der Waals surface area contributed by atoms with Crippen LogP contribution in [0, 0.1) is 23.0 Å². The topological polar surface area (TPSA) is 93.0 Å². The summed E-state index contributed by atoms with van der Waals surface area (Å²) in [7, 11) is 0. The zero-order valence-corrected chi connectivity index (χ0v) is 20.1. The fraction of sp³-hybridized carbons (Fsp3) is 0.167. The lowest BCUT2D eigenvalue weighted by Crippen LogP contribution is -2.37. The molecule has 8 nitrogen and oxygen atoms in total. The average Bonchev–Trinajstić information content (AvgIpc) is 3.31. The summed E-state index contributed by atoms with van der Waals surface area (Å²) < 4.78 is 0.823. The largest absolute Gasteiger partial charge is 0.273 e. The Morgan fingerprint density at radius 3 is 2.41 bits per heavy atom. The van der Waals surface area contributed by atoms with Crippen molar-refractivity contribution >= 4 is 56.4 Å². The van der Waals surface area contributed by atoms with Crippen molar-refractivity contribution < 1.29 is 19.3 Å². The van der Waals surface area contributed by atoms with E-state index in [4.69, 9.17) is 16.4 Å². The lowest BCUT2D eigenvalue weighted by Gasteiger charge is -2.29. The summed E-state index contributed by atoms with van der Waals surface area (Å²) in [4.78, 5) is 44.9. The van der Waals surface area contributed by atoms with Gasteiger partial charge >= 0.3 is 0 Å². The van der Waals surface area contributed by atoms with E-state index in [0.717, 1.165) is 14.9 Å². The number of anilines is 2. The molecule has 0 saturated carbocycles. The number of nitro groups is 1. The highest BCUT2D eigenvalue weighted by Gasteiger charge is 2.60. The molecule has 2 saturated heterocycles. The molecule has 2 heterocycles. The van der Waals surface area contributed by atoms with Crippen molar-refractivity contribution in [3.8, 4) is 0 Å². The maximum atomic E-state index is 13.7. The van der Waals surface area contributed by atoms with Gasteiger partial charge in [0.25, 0.3) is 11.6 Å². The van der Waals surface area contributed by atoms with Crippen LogP contribution < -0.4 is 9.96 Å². The normalized spacial score (nSPS) is 21.8. The second-order valence-corrected chi connectivity index (χ2v) is 9.45. The molecular weight excluding hydrogens is 526 g/mol. The van der Waals surface area contributed by atoms with Crippen molar-refractivity contribution in [2.24, 2.45) is 5.92 Å². The Morgan fingerprint density at radius 2 is 1.76 bits per heavy atom. The summed E-state index contributed by atoms with van der Waals surface area (Å²) in [6.07, 6.45) is -1.04. The molecule has 2 amide bonds. The maximum absolute atomic E-state index is 13.7. The Labute approximate surface area is 207 Å². The second kappa shape index (κ2) is 8.50. The fourth-order valence-corrected chi connectivity index (χ4v) is 5.04. The quantitative estimate of drug-likeness (QED) is 0.250. The van der Waals surface area contributed by atoms with Gasteiger partial charge in [0.05, 0.1) is 22.3 Å². The predicted octanol–water partition coefficient (Wildman–Crippen LogP) is 5.37. The molecule has 3 aromatic rings. The Bertz CT molecular complexity index is 1330. The van der Waals surface area contributed by atoms with E-state index in [1.54, 1.807) is 36.3 Å². The van der Waals surface area contributed by atoms with Crippen LogP contribution in [0.25, 0.3) is 0 Å². The van der Waals surface area contributed by atoms with Gasteiger partial charge in [0.15, 0.2) is 6.10 Å². The Hall–Kier alpha value is -3.27. The van der Waals surface area contributed by atoms with Gasteiger partial charge < -0.3 is 0 Å². The van der Waals surface area contributed by atoms with Crippen LogP contribution in [0.15, 0.2) is 71.2 Å². The fourth-order valence-electron chi connectivity index (χ4n) is 4.50. The van der Waals surface area contributed by atoms with Crippen LogP contribution in [0.3, 0.4) is 0 Å². The van der Waals surface area contributed by atoms with Crippen molar-refractivity contribution in [1.29, 1.82) is 0 Å². The van der Waals surface area contributed by atoms with Gasteiger partial charge in [0, 0.05) is 21.6 Å². The van der Waals surface area contributed by atoms with Gasteiger partial charge in [-0.2, -0.15) is 0 Å². The number of hydroxylamine groups is 1. The number of hydrogen-bond donors (Lipinski definition) is 0. The minimum atomic E-state index is -1.04. The molecule has 172 valence electrons. The van der Waals surface area contributed by atoms with Crippen LogP contribution in [-0.4, -0.2) is 22.8 Å². The zero-order valence-electron chi connectivity index (χ0n) is 17.7. The number of halogens is 2. The number of nitro benzene ring substituents is 1. The molecular formula is C24H17BrClN3O5. The van der Waals surface area contributed by atoms with Crippen LogP contribution in [0.1, 0.15) is 17.2 Å². The lowest BCUT2D eigenvalue weighted by molar-refractivity contribution is -0.384. The van der Waals surface area contributed by atoms with E-state index in [-0.39, 0.29) is 5.69 Å². The summed E-state index contributed by atoms with van der Waals surface area (Å²) in [6.45, 7) is 1.63. The molecule has 0 aromatic heterocycles. The highest BCUT2D eigenvalue weighted by molar-refractivity contribution is 9.10. The molecule has 3 unspecified atom stereocenters. The number of amides is 2. The second-order valence-electron chi connectivity index (χ2n) is 8.09. The van der Waals surface area contributed by atoms with Gasteiger partial charge in [-0.05, 0) is 60.5 Å². The standard InChI is InChI=1S/C24H17BrClN3O5/c1-13-11-18(29(32)33)9-10-19(13)27-23(30)20-21(14-3-2-4-15(25)12-14)28(34-22(20)24(27)31)17-7-5-16(26)6-8-17/h2-12,20-22H,1H3. The van der Waals surface area contributed by atoms with Crippen molar-refractivity contribution in [1.82, 2.24) is 0 Å². The number of imide groups is 1. The molecule has 0 N–H and O–H groups in total. The molecule has 0 aliphatic carbocycles. The Morgan fingerprint density at radius 1 is 1.03 bits per heavy atom. The molecule has 34 heavy (non-hydrogen) atoms. The molecule has 2 aliphatic heterocycles. The molecule has 2 fully saturated rings. The number of fused-ring (bicyclic) bond motifs is 1. The number of aryl methyl sites for hydroxylation is 1. The minimum Gasteiger partial charge on any atom is -0.273 e. The molecule has 0 radical (unpaired) electrons. The first-order valence-corrected chi connectivity index (χ1v) is 11.5. The highest BCUT2D eigenvalue weighted by atomic mass is 79.9. The molecule has 10 heteroatoms. The van der Waals surface area contributed by atoms with E-state index >= 15 is 0 Å². The SMILES string of the molecule is Cc1cc([N+](=O)[O-])ccc1N1C(=O)C2ON(c3ccc(Cl)cc3)C(c3cccc(Br)c3)C2C1=O. The van der Waals surface area contributed by atoms with Gasteiger partial charge in [-0.1, -0.05) is 39.7 Å². The molecule has 0 bridgehead atoms. The van der Waals surface area contributed by atoms with Crippen LogP contribution >= 0.6 is 27.5 Å². The van der Waals surface area contributed by atoms with Gasteiger partial charge in [-0.25, -0.2) is 9.96 Å². The summed E-state index contributed by atoms with van der Waals surface area (Å²) in [6, 6.07) is 17.9. The van der Waals surface area contributed by atoms with Crippen molar-refractivity contribution in [3.05, 3.63) is 97.5 Å². The van der Waals surface area contributed by atoms with E-state index in [9.17, 15) is 19.7 Å². The van der Waals surface area contributed by atoms with E-state index < -0.39 is 34.8 Å². The van der Waals surface area contributed by atoms with Gasteiger partial charge in [0.1, 0.15) is 5.92 Å². The number of carbonyl (C=O) groups is 2. The first-order valence-electron chi connectivity index (χ1n) is 10.4. The third-order valence-corrected chi connectivity index (χ3v) is 6.76. The van der Waals surface area contributed by atoms with Crippen LogP contribution in [0.5, 0.6) is 0 Å². The number of hydrogen-bond acceptors (Lipinski definition) is 6. The number of carbonyl (C=O) groups excluding carboxylic acids is 2. The lowest BCUT2D eigenvalue weighted by atomic mass is 9.90. The van der Waals surface area contributed by atoms with Crippen molar-refractivity contribution in [2.45, 2.75) is 19.1 Å². The number of non-ortho nitro benzene ring substituents is 1. The van der Waals surface area contributed by atoms with E-state index in [1.165, 1.54) is 18.2 Å². The molecule has 3 aromatic carbocycles. The van der Waals surface area contributed by atoms with E-state index in [2.05, 4.69) is 15.9 Å². The molecule has 3 atom stereocenters. The first-order chi connectivity index (χ1) is 16.3. The minimum absolute atomic E-state index is 0.113. The summed E-state index contributed by atoms with van der Waals surface area (Å²) in [5.74, 6) is -1.75. The van der Waals surface area contributed by atoms with Crippen molar-refractivity contribution in [2.75, 3.05) is 9.96 Å². The van der Waals surface area contributed by atoms with E-state index in [0.29, 0.717) is 22.0 Å². The molecule has 5 rings (SSSR count). The molecule has 2 aliphatic rings. The zero-order chi connectivity index (χ0) is 24.1. The number of benzene rings is 3. The monoisotopic (exact) mass is 541 g/mol. The van der Waals surface area contributed by atoms with Crippen LogP contribution in [0.2, 0.25) is 5.02 Å². The predicted molar refractivity (Wildman–Crippen MR) is 130 cm³/mol. The van der Waals surface area contributed by atoms with Gasteiger partial charge in [-0.15, -0.1) is 0 Å². The number of nitrogens with zero attached hydrogens (tertiary/aromatic N) is 3. The van der Waals surface area contributed by atoms with Gasteiger partial charge in [0.2, 0.25) is 5.91 Å². The summed E-state index contributed by atoms with van der Waals surface area (Å²) >= 11 is 9.52. The average molecular weight is 543 g/mol. The Kier molecular flexibility index (Phi) is 5.63. The smallest absolute Gasteiger partial charge is 0.269 e.